The smallest absolute Gasteiger partial charge is 0.0725 e. The average molecular weight is 197 g/mol. The van der Waals surface area contributed by atoms with Crippen molar-refractivity contribution in [3.8, 4) is 0 Å². The molecule has 2 nitrogen and oxygen atoms in total. The molecule has 1 aliphatic carbocycles. The molecule has 0 aromatic rings. The van der Waals surface area contributed by atoms with Gasteiger partial charge in [0, 0.05) is 12.6 Å². The Hall–Kier alpha value is -0.0800. The molecule has 82 valence electrons. The highest BCUT2D eigenvalue weighted by atomic mass is 16.5. The summed E-state index contributed by atoms with van der Waals surface area (Å²) in [5.41, 5.74) is 6.20. The Balaban J connectivity index is 2.10. The van der Waals surface area contributed by atoms with Crippen LogP contribution < -0.4 is 5.73 Å². The molecule has 2 heteroatoms. The van der Waals surface area contributed by atoms with Crippen LogP contribution in [0.3, 0.4) is 0 Å². The molecule has 1 heterocycles. The molecule has 2 aliphatic rings. The minimum Gasteiger partial charge on any atom is -0.375 e. The van der Waals surface area contributed by atoms with Crippen molar-refractivity contribution in [1.82, 2.24) is 0 Å². The molecule has 1 saturated heterocycles. The summed E-state index contributed by atoms with van der Waals surface area (Å²) in [5.74, 6) is 1.52. The summed E-state index contributed by atoms with van der Waals surface area (Å²) in [6, 6.07) is 0.372. The van der Waals surface area contributed by atoms with Crippen LogP contribution in [0.15, 0.2) is 0 Å². The molecule has 0 aromatic carbocycles. The summed E-state index contributed by atoms with van der Waals surface area (Å²) in [5, 5.41) is 0. The fraction of sp³-hybridized carbons (Fsp3) is 1.00. The maximum absolute atomic E-state index is 6.08. The monoisotopic (exact) mass is 197 g/mol. The molecule has 2 fully saturated rings. The predicted octanol–water partition coefficient (Wildman–Crippen LogP) is 2.32. The molecule has 14 heavy (non-hydrogen) atoms. The van der Waals surface area contributed by atoms with E-state index in [1.54, 1.807) is 0 Å². The molecular weight excluding hydrogens is 174 g/mol. The van der Waals surface area contributed by atoms with Gasteiger partial charge in [0.15, 0.2) is 0 Å². The average Bonchev–Trinajstić information content (AvgIpc) is 2.12. The fourth-order valence-corrected chi connectivity index (χ4v) is 3.19. The fourth-order valence-electron chi connectivity index (χ4n) is 3.19. The van der Waals surface area contributed by atoms with E-state index in [0.717, 1.165) is 25.4 Å². The second-order valence-corrected chi connectivity index (χ2v) is 5.45. The lowest BCUT2D eigenvalue weighted by molar-refractivity contribution is -0.144. The number of ether oxygens (including phenoxy) is 1. The zero-order chi connectivity index (χ0) is 10.2. The Bertz CT molecular complexity index is 198. The van der Waals surface area contributed by atoms with Crippen molar-refractivity contribution >= 4 is 0 Å². The topological polar surface area (TPSA) is 35.2 Å². The molecular formula is C12H23NO. The van der Waals surface area contributed by atoms with Crippen LogP contribution in [0.1, 0.15) is 46.0 Å². The Labute approximate surface area is 87.2 Å². The molecule has 4 unspecified atom stereocenters. The molecule has 2 rings (SSSR count). The second kappa shape index (κ2) is 3.82. The van der Waals surface area contributed by atoms with Crippen molar-refractivity contribution in [2.75, 3.05) is 6.61 Å². The van der Waals surface area contributed by atoms with Crippen LogP contribution >= 0.6 is 0 Å². The number of hydrogen-bond donors (Lipinski definition) is 1. The van der Waals surface area contributed by atoms with Crippen LogP contribution in [-0.2, 0) is 4.74 Å². The zero-order valence-electron chi connectivity index (χ0n) is 9.46. The Morgan fingerprint density at radius 2 is 1.93 bits per heavy atom. The van der Waals surface area contributed by atoms with Crippen molar-refractivity contribution in [2.45, 2.75) is 57.6 Å². The van der Waals surface area contributed by atoms with E-state index in [-0.39, 0.29) is 5.60 Å². The summed E-state index contributed by atoms with van der Waals surface area (Å²) < 4.78 is 6.08. The molecule has 0 bridgehead atoms. The largest absolute Gasteiger partial charge is 0.375 e. The quantitative estimate of drug-likeness (QED) is 0.647. The normalized spacial score (nSPS) is 49.5. The Kier molecular flexibility index (Phi) is 2.85. The Morgan fingerprint density at radius 3 is 2.64 bits per heavy atom. The van der Waals surface area contributed by atoms with E-state index in [4.69, 9.17) is 10.5 Å². The standard InChI is InChI=1S/C12H23NO/c1-9-3-4-10(2)12(7-9)8-11(13)5-6-14-12/h9-11H,3-8,13H2,1-2H3. The lowest BCUT2D eigenvalue weighted by atomic mass is 9.68. The van der Waals surface area contributed by atoms with Gasteiger partial charge < -0.3 is 10.5 Å². The highest BCUT2D eigenvalue weighted by Gasteiger charge is 2.44. The first-order chi connectivity index (χ1) is 6.62. The highest BCUT2D eigenvalue weighted by Crippen LogP contribution is 2.44. The zero-order valence-corrected chi connectivity index (χ0v) is 9.46. The SMILES string of the molecule is CC1CCC(C)C2(C1)CC(N)CCO2. The number of hydrogen-bond acceptors (Lipinski definition) is 2. The molecule has 1 aliphatic heterocycles. The van der Waals surface area contributed by atoms with E-state index in [0.29, 0.717) is 12.0 Å². The van der Waals surface area contributed by atoms with Gasteiger partial charge in [0.2, 0.25) is 0 Å². The molecule has 0 aromatic heterocycles. The maximum atomic E-state index is 6.08. The molecule has 0 radical (unpaired) electrons. The minimum atomic E-state index is 0.134. The van der Waals surface area contributed by atoms with Gasteiger partial charge in [-0.15, -0.1) is 0 Å². The third kappa shape index (κ3) is 1.82. The van der Waals surface area contributed by atoms with Gasteiger partial charge in [-0.2, -0.15) is 0 Å². The van der Waals surface area contributed by atoms with Crippen LogP contribution in [0, 0.1) is 11.8 Å². The van der Waals surface area contributed by atoms with Gasteiger partial charge in [-0.3, -0.25) is 0 Å². The van der Waals surface area contributed by atoms with Gasteiger partial charge in [-0.05, 0) is 37.5 Å². The van der Waals surface area contributed by atoms with Gasteiger partial charge in [0.1, 0.15) is 0 Å². The molecule has 1 spiro atoms. The van der Waals surface area contributed by atoms with E-state index >= 15 is 0 Å². The molecule has 0 amide bonds. The van der Waals surface area contributed by atoms with Crippen molar-refractivity contribution in [3.05, 3.63) is 0 Å². The van der Waals surface area contributed by atoms with Gasteiger partial charge in [-0.25, -0.2) is 0 Å². The lowest BCUT2D eigenvalue weighted by Gasteiger charge is -2.48. The van der Waals surface area contributed by atoms with Gasteiger partial charge >= 0.3 is 0 Å². The van der Waals surface area contributed by atoms with Crippen LogP contribution in [-0.4, -0.2) is 18.2 Å². The van der Waals surface area contributed by atoms with E-state index in [9.17, 15) is 0 Å². The number of nitrogens with two attached hydrogens (primary N) is 1. The van der Waals surface area contributed by atoms with E-state index in [1.807, 2.05) is 0 Å². The maximum Gasteiger partial charge on any atom is 0.0725 e. The summed E-state index contributed by atoms with van der Waals surface area (Å²) in [7, 11) is 0. The Morgan fingerprint density at radius 1 is 1.14 bits per heavy atom. The summed E-state index contributed by atoms with van der Waals surface area (Å²) in [6.07, 6.45) is 6.03. The van der Waals surface area contributed by atoms with Gasteiger partial charge in [0.05, 0.1) is 5.60 Å². The first kappa shape index (κ1) is 10.4. The molecule has 2 N–H and O–H groups in total. The van der Waals surface area contributed by atoms with E-state index in [2.05, 4.69) is 13.8 Å². The highest BCUT2D eigenvalue weighted by molar-refractivity contribution is 4.96. The van der Waals surface area contributed by atoms with E-state index < -0.39 is 0 Å². The minimum absolute atomic E-state index is 0.134. The van der Waals surface area contributed by atoms with Gasteiger partial charge in [0.25, 0.3) is 0 Å². The summed E-state index contributed by atoms with van der Waals surface area (Å²) in [4.78, 5) is 0. The third-order valence-corrected chi connectivity index (χ3v) is 4.17. The summed E-state index contributed by atoms with van der Waals surface area (Å²) >= 11 is 0. The molecule has 1 saturated carbocycles. The van der Waals surface area contributed by atoms with Crippen LogP contribution in [0.2, 0.25) is 0 Å². The first-order valence-corrected chi connectivity index (χ1v) is 6.02. The van der Waals surface area contributed by atoms with Crippen molar-refractivity contribution < 1.29 is 4.74 Å². The van der Waals surface area contributed by atoms with Crippen molar-refractivity contribution in [2.24, 2.45) is 17.6 Å². The van der Waals surface area contributed by atoms with Crippen LogP contribution in [0.5, 0.6) is 0 Å². The summed E-state index contributed by atoms with van der Waals surface area (Å²) in [6.45, 7) is 5.55. The first-order valence-electron chi connectivity index (χ1n) is 6.02. The van der Waals surface area contributed by atoms with Gasteiger partial charge in [-0.1, -0.05) is 20.3 Å². The van der Waals surface area contributed by atoms with Crippen molar-refractivity contribution in [3.63, 3.8) is 0 Å². The molecule has 4 atom stereocenters. The lowest BCUT2D eigenvalue weighted by Crippen LogP contribution is -2.51. The predicted molar refractivity (Wildman–Crippen MR) is 58.1 cm³/mol. The van der Waals surface area contributed by atoms with Crippen LogP contribution in [0.4, 0.5) is 0 Å². The third-order valence-electron chi connectivity index (χ3n) is 4.17. The second-order valence-electron chi connectivity index (χ2n) is 5.45. The van der Waals surface area contributed by atoms with E-state index in [1.165, 1.54) is 19.3 Å². The van der Waals surface area contributed by atoms with Crippen LogP contribution in [0.25, 0.3) is 0 Å². The van der Waals surface area contributed by atoms with Crippen molar-refractivity contribution in [1.29, 1.82) is 0 Å². The number of rotatable bonds is 0.